The molecule has 0 aliphatic rings. The standard InChI is InChI=1S/C16H15FN2OS/c1-2-19(13-7-5-12(17)6-8-13)16(20)15-10-9-14(21-15)4-3-11-18/h5-10H,2,11,18H2,1H3. The minimum atomic E-state index is -0.322. The van der Waals surface area contributed by atoms with E-state index in [9.17, 15) is 9.18 Å². The first-order valence-corrected chi connectivity index (χ1v) is 7.33. The normalized spacial score (nSPS) is 9.86. The molecule has 0 spiro atoms. The average molecular weight is 302 g/mol. The Kier molecular flexibility index (Phi) is 5.09. The van der Waals surface area contributed by atoms with Crippen LogP contribution < -0.4 is 10.6 Å². The van der Waals surface area contributed by atoms with E-state index in [1.165, 1.54) is 23.5 Å². The van der Waals surface area contributed by atoms with Crippen LogP contribution in [0.4, 0.5) is 10.1 Å². The Morgan fingerprint density at radius 2 is 2.00 bits per heavy atom. The van der Waals surface area contributed by atoms with Gasteiger partial charge in [-0.05, 0) is 43.3 Å². The van der Waals surface area contributed by atoms with Crippen LogP contribution in [0.1, 0.15) is 21.5 Å². The fourth-order valence-electron chi connectivity index (χ4n) is 1.86. The third-order valence-electron chi connectivity index (χ3n) is 2.83. The van der Waals surface area contributed by atoms with Crippen LogP contribution >= 0.6 is 11.3 Å². The van der Waals surface area contributed by atoms with Gasteiger partial charge in [-0.2, -0.15) is 0 Å². The van der Waals surface area contributed by atoms with Gasteiger partial charge in [-0.1, -0.05) is 11.8 Å². The predicted octanol–water partition coefficient (Wildman–Crippen LogP) is 2.86. The molecule has 2 rings (SSSR count). The molecule has 0 aliphatic heterocycles. The van der Waals surface area contributed by atoms with Gasteiger partial charge in [0.15, 0.2) is 0 Å². The van der Waals surface area contributed by atoms with E-state index in [1.807, 2.05) is 6.92 Å². The Labute approximate surface area is 127 Å². The number of rotatable bonds is 3. The minimum absolute atomic E-state index is 0.116. The molecule has 21 heavy (non-hydrogen) atoms. The zero-order valence-electron chi connectivity index (χ0n) is 11.6. The number of halogens is 1. The number of anilines is 1. The zero-order chi connectivity index (χ0) is 15.2. The van der Waals surface area contributed by atoms with Gasteiger partial charge in [0.1, 0.15) is 5.82 Å². The van der Waals surface area contributed by atoms with Gasteiger partial charge in [0.2, 0.25) is 0 Å². The maximum absolute atomic E-state index is 13.0. The molecule has 0 radical (unpaired) electrons. The van der Waals surface area contributed by atoms with E-state index < -0.39 is 0 Å². The number of thiophene rings is 1. The second-order valence-corrected chi connectivity index (χ2v) is 5.28. The molecular formula is C16H15FN2OS. The van der Waals surface area contributed by atoms with E-state index in [0.717, 1.165) is 4.88 Å². The lowest BCUT2D eigenvalue weighted by atomic mass is 10.2. The molecule has 0 saturated carbocycles. The van der Waals surface area contributed by atoms with Gasteiger partial charge in [-0.3, -0.25) is 4.79 Å². The number of nitrogens with two attached hydrogens (primary N) is 1. The summed E-state index contributed by atoms with van der Waals surface area (Å²) in [6, 6.07) is 9.44. The van der Waals surface area contributed by atoms with E-state index in [1.54, 1.807) is 29.2 Å². The predicted molar refractivity (Wildman–Crippen MR) is 84.0 cm³/mol. The molecule has 108 valence electrons. The van der Waals surface area contributed by atoms with Crippen molar-refractivity contribution in [1.29, 1.82) is 0 Å². The van der Waals surface area contributed by atoms with E-state index >= 15 is 0 Å². The highest BCUT2D eigenvalue weighted by molar-refractivity contribution is 7.14. The zero-order valence-corrected chi connectivity index (χ0v) is 12.4. The molecule has 0 unspecified atom stereocenters. The van der Waals surface area contributed by atoms with Crippen molar-refractivity contribution in [1.82, 2.24) is 0 Å². The number of amides is 1. The van der Waals surface area contributed by atoms with Gasteiger partial charge in [0.05, 0.1) is 16.3 Å². The van der Waals surface area contributed by atoms with Crippen molar-refractivity contribution < 1.29 is 9.18 Å². The van der Waals surface area contributed by atoms with Crippen LogP contribution in [0.2, 0.25) is 0 Å². The third kappa shape index (κ3) is 3.69. The molecule has 1 aromatic carbocycles. The van der Waals surface area contributed by atoms with Crippen LogP contribution in [0, 0.1) is 17.7 Å². The topological polar surface area (TPSA) is 46.3 Å². The highest BCUT2D eigenvalue weighted by Gasteiger charge is 2.17. The molecule has 5 heteroatoms. The van der Waals surface area contributed by atoms with Gasteiger partial charge in [-0.25, -0.2) is 4.39 Å². The van der Waals surface area contributed by atoms with E-state index in [2.05, 4.69) is 11.8 Å². The molecule has 0 fully saturated rings. The highest BCUT2D eigenvalue weighted by atomic mass is 32.1. The molecule has 2 aromatic rings. The number of benzene rings is 1. The number of carbonyl (C=O) groups is 1. The van der Waals surface area contributed by atoms with Crippen LogP contribution in [0.25, 0.3) is 0 Å². The Balaban J connectivity index is 2.24. The van der Waals surface area contributed by atoms with Crippen molar-refractivity contribution in [3.8, 4) is 11.8 Å². The van der Waals surface area contributed by atoms with Gasteiger partial charge >= 0.3 is 0 Å². The van der Waals surface area contributed by atoms with Crippen LogP contribution in [0.15, 0.2) is 36.4 Å². The molecular weight excluding hydrogens is 287 g/mol. The molecule has 0 saturated heterocycles. The van der Waals surface area contributed by atoms with Gasteiger partial charge in [0.25, 0.3) is 5.91 Å². The van der Waals surface area contributed by atoms with E-state index in [-0.39, 0.29) is 18.3 Å². The van der Waals surface area contributed by atoms with Crippen LogP contribution in [-0.4, -0.2) is 19.0 Å². The van der Waals surface area contributed by atoms with Crippen molar-refractivity contribution in [3.05, 3.63) is 52.0 Å². The maximum atomic E-state index is 13.0. The SMILES string of the molecule is CCN(C(=O)c1ccc(C#CCN)s1)c1ccc(F)cc1. The van der Waals surface area contributed by atoms with Crippen LogP contribution in [0.3, 0.4) is 0 Å². The van der Waals surface area contributed by atoms with Crippen molar-refractivity contribution in [2.24, 2.45) is 5.73 Å². The fraction of sp³-hybridized carbons (Fsp3) is 0.188. The number of hydrogen-bond acceptors (Lipinski definition) is 3. The molecule has 0 aliphatic carbocycles. The molecule has 2 N–H and O–H groups in total. The van der Waals surface area contributed by atoms with Crippen molar-refractivity contribution >= 4 is 22.9 Å². The second kappa shape index (κ2) is 7.02. The number of hydrogen-bond donors (Lipinski definition) is 1. The summed E-state index contributed by atoms with van der Waals surface area (Å²) in [7, 11) is 0. The highest BCUT2D eigenvalue weighted by Crippen LogP contribution is 2.22. The minimum Gasteiger partial charge on any atom is -0.320 e. The molecule has 0 bridgehead atoms. The van der Waals surface area contributed by atoms with Gasteiger partial charge < -0.3 is 10.6 Å². The van der Waals surface area contributed by atoms with Gasteiger partial charge in [0, 0.05) is 12.2 Å². The maximum Gasteiger partial charge on any atom is 0.268 e. The first-order chi connectivity index (χ1) is 10.2. The lowest BCUT2D eigenvalue weighted by Crippen LogP contribution is -2.29. The second-order valence-electron chi connectivity index (χ2n) is 4.20. The summed E-state index contributed by atoms with van der Waals surface area (Å²) in [6.07, 6.45) is 0. The van der Waals surface area contributed by atoms with Crippen LogP contribution in [-0.2, 0) is 0 Å². The van der Waals surface area contributed by atoms with Crippen molar-refractivity contribution in [3.63, 3.8) is 0 Å². The first-order valence-electron chi connectivity index (χ1n) is 6.52. The molecule has 0 atom stereocenters. The smallest absolute Gasteiger partial charge is 0.268 e. The quantitative estimate of drug-likeness (QED) is 0.886. The summed E-state index contributed by atoms with van der Waals surface area (Å²) in [4.78, 5) is 15.5. The Hall–Kier alpha value is -2.16. The Bertz CT molecular complexity index is 682. The third-order valence-corrected chi connectivity index (χ3v) is 3.82. The van der Waals surface area contributed by atoms with E-state index in [0.29, 0.717) is 17.1 Å². The summed E-state index contributed by atoms with van der Waals surface area (Å²) < 4.78 is 13.0. The summed E-state index contributed by atoms with van der Waals surface area (Å²) in [5.74, 6) is 5.23. The summed E-state index contributed by atoms with van der Waals surface area (Å²) in [6.45, 7) is 2.67. The summed E-state index contributed by atoms with van der Waals surface area (Å²) >= 11 is 1.33. The largest absolute Gasteiger partial charge is 0.320 e. The number of nitrogens with zero attached hydrogens (tertiary/aromatic N) is 1. The molecule has 1 heterocycles. The monoisotopic (exact) mass is 302 g/mol. The molecule has 1 amide bonds. The van der Waals surface area contributed by atoms with Crippen molar-refractivity contribution in [2.75, 3.05) is 18.0 Å². The average Bonchev–Trinajstić information content (AvgIpc) is 2.96. The Morgan fingerprint density at radius 3 is 2.62 bits per heavy atom. The van der Waals surface area contributed by atoms with Crippen molar-refractivity contribution in [2.45, 2.75) is 6.92 Å². The summed E-state index contributed by atoms with van der Waals surface area (Å²) in [5, 5.41) is 0. The lowest BCUT2D eigenvalue weighted by Gasteiger charge is -2.20. The fourth-order valence-corrected chi connectivity index (χ4v) is 2.69. The molecule has 3 nitrogen and oxygen atoms in total. The lowest BCUT2D eigenvalue weighted by molar-refractivity contribution is 0.0992. The van der Waals surface area contributed by atoms with Gasteiger partial charge in [-0.15, -0.1) is 11.3 Å². The number of carbonyl (C=O) groups excluding carboxylic acids is 1. The Morgan fingerprint density at radius 1 is 1.29 bits per heavy atom. The van der Waals surface area contributed by atoms with Crippen LogP contribution in [0.5, 0.6) is 0 Å². The summed E-state index contributed by atoms with van der Waals surface area (Å²) in [5.41, 5.74) is 6.00. The molecule has 1 aromatic heterocycles. The first kappa shape index (κ1) is 15.2. The van der Waals surface area contributed by atoms with E-state index in [4.69, 9.17) is 5.73 Å².